The van der Waals surface area contributed by atoms with Crippen molar-refractivity contribution in [1.29, 1.82) is 0 Å². The number of rotatable bonds is 4. The van der Waals surface area contributed by atoms with Gasteiger partial charge in [0.1, 0.15) is 0 Å². The van der Waals surface area contributed by atoms with Crippen LogP contribution in [0.4, 0.5) is 0 Å². The van der Waals surface area contributed by atoms with Crippen molar-refractivity contribution in [3.63, 3.8) is 0 Å². The van der Waals surface area contributed by atoms with Crippen LogP contribution in [0.25, 0.3) is 21.8 Å². The quantitative estimate of drug-likeness (QED) is 0.567. The smallest absolute Gasteiger partial charge is 0.249 e. The molecule has 3 aromatic carbocycles. The van der Waals surface area contributed by atoms with Crippen molar-refractivity contribution in [2.24, 2.45) is 11.5 Å². The van der Waals surface area contributed by atoms with Gasteiger partial charge >= 0.3 is 0 Å². The van der Waals surface area contributed by atoms with Gasteiger partial charge in [0.2, 0.25) is 11.8 Å². The van der Waals surface area contributed by atoms with E-state index in [1.807, 2.05) is 34.9 Å². The number of fused-ring (bicyclic) bond motifs is 3. The number of nitrogens with zero attached hydrogens (tertiary/aromatic N) is 1. The molecule has 134 valence electrons. The Morgan fingerprint density at radius 2 is 1.67 bits per heavy atom. The van der Waals surface area contributed by atoms with Crippen molar-refractivity contribution in [2.45, 2.75) is 6.54 Å². The maximum absolute atomic E-state index is 12.0. The van der Waals surface area contributed by atoms with Crippen molar-refractivity contribution >= 4 is 45.2 Å². The van der Waals surface area contributed by atoms with Gasteiger partial charge in [-0.05, 0) is 35.9 Å². The Labute approximate surface area is 160 Å². The summed E-state index contributed by atoms with van der Waals surface area (Å²) in [7, 11) is 0. The number of primary amides is 2. The van der Waals surface area contributed by atoms with Gasteiger partial charge in [-0.3, -0.25) is 9.59 Å². The van der Waals surface area contributed by atoms with Crippen molar-refractivity contribution < 1.29 is 9.59 Å². The van der Waals surface area contributed by atoms with Crippen LogP contribution in [0.15, 0.2) is 60.7 Å². The molecule has 0 atom stereocenters. The topological polar surface area (TPSA) is 91.1 Å². The van der Waals surface area contributed by atoms with Crippen LogP contribution < -0.4 is 11.5 Å². The van der Waals surface area contributed by atoms with Gasteiger partial charge in [0, 0.05) is 28.4 Å². The Morgan fingerprint density at radius 3 is 2.41 bits per heavy atom. The summed E-state index contributed by atoms with van der Waals surface area (Å²) in [5.74, 6) is -0.969. The lowest BCUT2D eigenvalue weighted by molar-refractivity contribution is 0.0992. The van der Waals surface area contributed by atoms with E-state index >= 15 is 0 Å². The molecule has 0 aliphatic carbocycles. The van der Waals surface area contributed by atoms with Crippen molar-refractivity contribution in [1.82, 2.24) is 4.57 Å². The number of benzene rings is 3. The number of carbonyl (C=O) groups is 2. The fraction of sp³-hybridized carbons (Fsp3) is 0.0476. The second-order valence-electron chi connectivity index (χ2n) is 6.35. The van der Waals surface area contributed by atoms with Crippen LogP contribution in [-0.2, 0) is 6.54 Å². The SMILES string of the molecule is NC(=O)c1cccc(Cn2c3cccc(C(N)=O)c3c3cccc(Cl)c32)c1. The highest BCUT2D eigenvalue weighted by Crippen LogP contribution is 2.35. The molecule has 0 aliphatic rings. The third-order valence-corrected chi connectivity index (χ3v) is 4.98. The summed E-state index contributed by atoms with van der Waals surface area (Å²) >= 11 is 6.50. The molecule has 0 saturated heterocycles. The van der Waals surface area contributed by atoms with E-state index < -0.39 is 11.8 Å². The van der Waals surface area contributed by atoms with E-state index in [0.29, 0.717) is 22.7 Å². The van der Waals surface area contributed by atoms with Crippen molar-refractivity contribution in [3.05, 3.63) is 82.4 Å². The number of hydrogen-bond acceptors (Lipinski definition) is 2. The van der Waals surface area contributed by atoms with Gasteiger partial charge in [-0.1, -0.05) is 41.9 Å². The first-order valence-corrected chi connectivity index (χ1v) is 8.73. The second kappa shape index (κ2) is 6.45. The molecule has 0 unspecified atom stereocenters. The number of nitrogens with two attached hydrogens (primary N) is 2. The Morgan fingerprint density at radius 1 is 0.926 bits per heavy atom. The highest BCUT2D eigenvalue weighted by molar-refractivity contribution is 6.37. The van der Waals surface area contributed by atoms with Crippen LogP contribution in [-0.4, -0.2) is 16.4 Å². The van der Waals surface area contributed by atoms with Crippen LogP contribution >= 0.6 is 11.6 Å². The van der Waals surface area contributed by atoms with Gasteiger partial charge in [0.15, 0.2) is 0 Å². The summed E-state index contributed by atoms with van der Waals surface area (Å²) in [6, 6.07) is 18.2. The lowest BCUT2D eigenvalue weighted by Gasteiger charge is -2.10. The van der Waals surface area contributed by atoms with Gasteiger partial charge in [-0.15, -0.1) is 0 Å². The fourth-order valence-electron chi connectivity index (χ4n) is 3.54. The fourth-order valence-corrected chi connectivity index (χ4v) is 3.81. The third-order valence-electron chi connectivity index (χ3n) is 4.68. The minimum Gasteiger partial charge on any atom is -0.366 e. The third kappa shape index (κ3) is 2.82. The minimum atomic E-state index is -0.490. The molecule has 0 radical (unpaired) electrons. The normalized spacial score (nSPS) is 11.1. The van der Waals surface area contributed by atoms with Crippen LogP contribution in [0.2, 0.25) is 5.02 Å². The molecule has 0 spiro atoms. The summed E-state index contributed by atoms with van der Waals surface area (Å²) in [6.07, 6.45) is 0. The molecule has 4 rings (SSSR count). The number of halogens is 1. The van der Waals surface area contributed by atoms with Crippen molar-refractivity contribution in [2.75, 3.05) is 0 Å². The van der Waals surface area contributed by atoms with Crippen molar-refractivity contribution in [3.8, 4) is 0 Å². The molecular formula is C21H16ClN3O2. The highest BCUT2D eigenvalue weighted by Gasteiger charge is 2.18. The second-order valence-corrected chi connectivity index (χ2v) is 6.76. The molecule has 27 heavy (non-hydrogen) atoms. The summed E-state index contributed by atoms with van der Waals surface area (Å²) in [5, 5.41) is 2.21. The number of para-hydroxylation sites is 1. The van der Waals surface area contributed by atoms with E-state index in [4.69, 9.17) is 23.1 Å². The molecule has 0 bridgehead atoms. The average Bonchev–Trinajstić information content (AvgIpc) is 2.97. The first-order valence-electron chi connectivity index (χ1n) is 8.35. The van der Waals surface area contributed by atoms with E-state index in [1.165, 1.54) is 0 Å². The zero-order valence-corrected chi connectivity index (χ0v) is 15.0. The summed E-state index contributed by atoms with van der Waals surface area (Å²) < 4.78 is 2.03. The summed E-state index contributed by atoms with van der Waals surface area (Å²) in [4.78, 5) is 23.5. The molecule has 1 aromatic heterocycles. The van der Waals surface area contributed by atoms with Crippen LogP contribution in [0.1, 0.15) is 26.3 Å². The Bertz CT molecular complexity index is 1230. The van der Waals surface area contributed by atoms with E-state index in [0.717, 1.165) is 27.4 Å². The Kier molecular flexibility index (Phi) is 4.09. The molecule has 0 aliphatic heterocycles. The van der Waals surface area contributed by atoms with Crippen LogP contribution in [0.5, 0.6) is 0 Å². The maximum Gasteiger partial charge on any atom is 0.249 e. The maximum atomic E-state index is 12.0. The molecule has 5 nitrogen and oxygen atoms in total. The average molecular weight is 378 g/mol. The van der Waals surface area contributed by atoms with E-state index in [1.54, 1.807) is 30.3 Å². The lowest BCUT2D eigenvalue weighted by Crippen LogP contribution is -2.12. The molecule has 6 heteroatoms. The first-order chi connectivity index (χ1) is 13.0. The Balaban J connectivity index is 2.02. The predicted octanol–water partition coefficient (Wildman–Crippen LogP) is 3.69. The van der Waals surface area contributed by atoms with E-state index in [9.17, 15) is 9.59 Å². The number of amides is 2. The molecule has 4 N–H and O–H groups in total. The van der Waals surface area contributed by atoms with E-state index in [2.05, 4.69) is 0 Å². The summed E-state index contributed by atoms with van der Waals surface area (Å²) in [6.45, 7) is 0.465. The molecule has 0 fully saturated rings. The predicted molar refractivity (Wildman–Crippen MR) is 107 cm³/mol. The number of hydrogen-bond donors (Lipinski definition) is 2. The monoisotopic (exact) mass is 377 g/mol. The van der Waals surface area contributed by atoms with Gasteiger partial charge in [-0.2, -0.15) is 0 Å². The molecule has 2 amide bonds. The largest absolute Gasteiger partial charge is 0.366 e. The number of aromatic nitrogens is 1. The summed E-state index contributed by atoms with van der Waals surface area (Å²) in [5.41, 5.74) is 14.4. The van der Waals surface area contributed by atoms with E-state index in [-0.39, 0.29) is 0 Å². The van der Waals surface area contributed by atoms with Gasteiger partial charge < -0.3 is 16.0 Å². The van der Waals surface area contributed by atoms with Gasteiger partial charge in [0.05, 0.1) is 16.1 Å². The Hall–Kier alpha value is -3.31. The highest BCUT2D eigenvalue weighted by atomic mass is 35.5. The molecule has 4 aromatic rings. The standard InChI is InChI=1S/C21H16ClN3O2/c22-16-8-2-6-14-18-15(21(24)27)7-3-9-17(18)25(19(14)16)11-12-4-1-5-13(10-12)20(23)26/h1-10H,11H2,(H2,23,26)(H2,24,27). The molecular weight excluding hydrogens is 362 g/mol. The van der Waals surface area contributed by atoms with Crippen LogP contribution in [0.3, 0.4) is 0 Å². The van der Waals surface area contributed by atoms with Crippen LogP contribution in [0, 0.1) is 0 Å². The minimum absolute atomic E-state index is 0.442. The molecule has 1 heterocycles. The molecule has 0 saturated carbocycles. The zero-order chi connectivity index (χ0) is 19.1. The number of carbonyl (C=O) groups excluding carboxylic acids is 2. The van der Waals surface area contributed by atoms with Gasteiger partial charge in [0.25, 0.3) is 0 Å². The van der Waals surface area contributed by atoms with Gasteiger partial charge in [-0.25, -0.2) is 0 Å². The first kappa shape index (κ1) is 17.1. The zero-order valence-electron chi connectivity index (χ0n) is 14.3. The lowest BCUT2D eigenvalue weighted by atomic mass is 10.1.